The van der Waals surface area contributed by atoms with Gasteiger partial charge in [-0.3, -0.25) is 9.78 Å². The summed E-state index contributed by atoms with van der Waals surface area (Å²) in [5, 5.41) is 0. The molecule has 0 aliphatic carbocycles. The summed E-state index contributed by atoms with van der Waals surface area (Å²) in [6, 6.07) is 1.91. The van der Waals surface area contributed by atoms with Gasteiger partial charge in [-0.25, -0.2) is 0 Å². The Hall–Kier alpha value is -1.78. The van der Waals surface area contributed by atoms with Gasteiger partial charge in [-0.2, -0.15) is 0 Å². The van der Waals surface area contributed by atoms with E-state index in [1.807, 2.05) is 11.0 Å². The average Bonchev–Trinajstić information content (AvgIpc) is 2.29. The van der Waals surface area contributed by atoms with Crippen molar-refractivity contribution in [3.05, 3.63) is 18.5 Å². The number of rotatable bonds is 1. The minimum absolute atomic E-state index is 0.144. The van der Waals surface area contributed by atoms with E-state index in [0.717, 1.165) is 31.9 Å². The average molecular weight is 220 g/mol. The number of hydrogen-bond donors (Lipinski definition) is 1. The molecule has 1 amide bonds. The Morgan fingerprint density at radius 3 is 2.56 bits per heavy atom. The van der Waals surface area contributed by atoms with Gasteiger partial charge in [-0.15, -0.1) is 0 Å². The summed E-state index contributed by atoms with van der Waals surface area (Å²) in [5.74, 6) is 0.144. The van der Waals surface area contributed by atoms with Gasteiger partial charge in [0.05, 0.1) is 17.6 Å². The van der Waals surface area contributed by atoms with Crippen LogP contribution in [-0.4, -0.2) is 42.0 Å². The molecule has 0 aromatic carbocycles. The van der Waals surface area contributed by atoms with E-state index in [-0.39, 0.29) is 5.91 Å². The molecule has 1 saturated heterocycles. The summed E-state index contributed by atoms with van der Waals surface area (Å²) in [5.41, 5.74) is 7.39. The lowest BCUT2D eigenvalue weighted by Crippen LogP contribution is -2.48. The Balaban J connectivity index is 2.01. The topological polar surface area (TPSA) is 62.5 Å². The van der Waals surface area contributed by atoms with Crippen LogP contribution in [0.4, 0.5) is 11.4 Å². The Kier molecular flexibility index (Phi) is 2.94. The molecule has 86 valence electrons. The number of carbonyl (C=O) groups excluding carboxylic acids is 1. The van der Waals surface area contributed by atoms with Crippen molar-refractivity contribution < 1.29 is 4.79 Å². The minimum atomic E-state index is 0.144. The van der Waals surface area contributed by atoms with E-state index in [9.17, 15) is 4.79 Å². The van der Waals surface area contributed by atoms with Crippen LogP contribution in [0.25, 0.3) is 0 Å². The van der Waals surface area contributed by atoms with Crippen LogP contribution in [-0.2, 0) is 4.79 Å². The predicted molar refractivity (Wildman–Crippen MR) is 63.1 cm³/mol. The van der Waals surface area contributed by atoms with Gasteiger partial charge in [0.2, 0.25) is 5.91 Å². The first kappa shape index (κ1) is 10.7. The Morgan fingerprint density at radius 2 is 2.00 bits per heavy atom. The highest BCUT2D eigenvalue weighted by Crippen LogP contribution is 2.17. The third-order valence-electron chi connectivity index (χ3n) is 2.84. The number of hydrogen-bond acceptors (Lipinski definition) is 4. The lowest BCUT2D eigenvalue weighted by atomic mass is 10.2. The SMILES string of the molecule is CC(=O)N1CCN(c2cncc(N)c2)CC1. The van der Waals surface area contributed by atoms with E-state index in [1.165, 1.54) is 0 Å². The molecule has 1 aliphatic rings. The number of amides is 1. The van der Waals surface area contributed by atoms with Crippen LogP contribution in [0.3, 0.4) is 0 Å². The Morgan fingerprint density at radius 1 is 1.31 bits per heavy atom. The molecular formula is C11H16N4O. The quantitative estimate of drug-likeness (QED) is 0.741. The number of piperazine rings is 1. The zero-order valence-electron chi connectivity index (χ0n) is 9.39. The summed E-state index contributed by atoms with van der Waals surface area (Å²) >= 11 is 0. The van der Waals surface area contributed by atoms with E-state index in [1.54, 1.807) is 19.3 Å². The first-order valence-electron chi connectivity index (χ1n) is 5.38. The monoisotopic (exact) mass is 220 g/mol. The third-order valence-corrected chi connectivity index (χ3v) is 2.84. The lowest BCUT2D eigenvalue weighted by Gasteiger charge is -2.35. The van der Waals surface area contributed by atoms with Gasteiger partial charge >= 0.3 is 0 Å². The molecule has 0 unspecified atom stereocenters. The first-order valence-corrected chi connectivity index (χ1v) is 5.38. The first-order chi connectivity index (χ1) is 7.66. The maximum absolute atomic E-state index is 11.2. The van der Waals surface area contributed by atoms with E-state index >= 15 is 0 Å². The smallest absolute Gasteiger partial charge is 0.219 e. The summed E-state index contributed by atoms with van der Waals surface area (Å²) in [4.78, 5) is 19.3. The highest BCUT2D eigenvalue weighted by atomic mass is 16.2. The van der Waals surface area contributed by atoms with Gasteiger partial charge in [0.15, 0.2) is 0 Å². The number of aromatic nitrogens is 1. The van der Waals surface area contributed by atoms with Crippen molar-refractivity contribution in [3.63, 3.8) is 0 Å². The zero-order chi connectivity index (χ0) is 11.5. The summed E-state index contributed by atoms with van der Waals surface area (Å²) in [7, 11) is 0. The number of nitrogens with zero attached hydrogens (tertiary/aromatic N) is 3. The van der Waals surface area contributed by atoms with Crippen molar-refractivity contribution in [3.8, 4) is 0 Å². The van der Waals surface area contributed by atoms with Gasteiger partial charge in [0.1, 0.15) is 0 Å². The van der Waals surface area contributed by atoms with Crippen LogP contribution >= 0.6 is 0 Å². The Bertz CT molecular complexity index is 385. The zero-order valence-corrected chi connectivity index (χ0v) is 9.39. The Labute approximate surface area is 94.9 Å². The molecule has 1 aromatic heterocycles. The number of nitrogen functional groups attached to an aromatic ring is 1. The molecule has 16 heavy (non-hydrogen) atoms. The summed E-state index contributed by atoms with van der Waals surface area (Å²) in [6.45, 7) is 4.82. The second-order valence-corrected chi connectivity index (χ2v) is 3.97. The third kappa shape index (κ3) is 2.24. The maximum atomic E-state index is 11.2. The molecule has 2 N–H and O–H groups in total. The second-order valence-electron chi connectivity index (χ2n) is 3.97. The van der Waals surface area contributed by atoms with E-state index in [4.69, 9.17) is 5.73 Å². The lowest BCUT2D eigenvalue weighted by molar-refractivity contribution is -0.129. The molecule has 5 heteroatoms. The maximum Gasteiger partial charge on any atom is 0.219 e. The summed E-state index contributed by atoms with van der Waals surface area (Å²) < 4.78 is 0. The largest absolute Gasteiger partial charge is 0.397 e. The van der Waals surface area contributed by atoms with E-state index < -0.39 is 0 Å². The molecular weight excluding hydrogens is 204 g/mol. The molecule has 1 fully saturated rings. The fraction of sp³-hybridized carbons (Fsp3) is 0.455. The fourth-order valence-corrected chi connectivity index (χ4v) is 1.90. The van der Waals surface area contributed by atoms with Crippen molar-refractivity contribution in [2.45, 2.75) is 6.92 Å². The molecule has 1 aliphatic heterocycles. The van der Waals surface area contributed by atoms with Crippen molar-refractivity contribution in [1.82, 2.24) is 9.88 Å². The minimum Gasteiger partial charge on any atom is -0.397 e. The molecule has 2 rings (SSSR count). The van der Waals surface area contributed by atoms with Crippen LogP contribution in [0.15, 0.2) is 18.5 Å². The van der Waals surface area contributed by atoms with Crippen LogP contribution in [0.2, 0.25) is 0 Å². The van der Waals surface area contributed by atoms with Crippen molar-refractivity contribution in [1.29, 1.82) is 0 Å². The molecule has 0 atom stereocenters. The number of carbonyl (C=O) groups is 1. The molecule has 2 heterocycles. The standard InChI is InChI=1S/C11H16N4O/c1-9(16)14-2-4-15(5-3-14)11-6-10(12)7-13-8-11/h6-8H,2-5,12H2,1H3. The highest BCUT2D eigenvalue weighted by Gasteiger charge is 2.18. The number of nitrogens with two attached hydrogens (primary N) is 1. The molecule has 0 radical (unpaired) electrons. The van der Waals surface area contributed by atoms with Crippen LogP contribution in [0.1, 0.15) is 6.92 Å². The van der Waals surface area contributed by atoms with Gasteiger partial charge in [0.25, 0.3) is 0 Å². The fourth-order valence-electron chi connectivity index (χ4n) is 1.90. The molecule has 0 bridgehead atoms. The highest BCUT2D eigenvalue weighted by molar-refractivity contribution is 5.73. The van der Waals surface area contributed by atoms with Crippen LogP contribution in [0, 0.1) is 0 Å². The van der Waals surface area contributed by atoms with Crippen LogP contribution < -0.4 is 10.6 Å². The van der Waals surface area contributed by atoms with Gasteiger partial charge in [-0.05, 0) is 6.07 Å². The normalized spacial score (nSPS) is 16.3. The van der Waals surface area contributed by atoms with Crippen molar-refractivity contribution in [2.24, 2.45) is 0 Å². The molecule has 5 nitrogen and oxygen atoms in total. The predicted octanol–water partition coefficient (Wildman–Crippen LogP) is 0.332. The van der Waals surface area contributed by atoms with Gasteiger partial charge in [-0.1, -0.05) is 0 Å². The van der Waals surface area contributed by atoms with Crippen molar-refractivity contribution in [2.75, 3.05) is 36.8 Å². The van der Waals surface area contributed by atoms with E-state index in [0.29, 0.717) is 5.69 Å². The van der Waals surface area contributed by atoms with Crippen molar-refractivity contribution >= 4 is 17.3 Å². The van der Waals surface area contributed by atoms with Gasteiger partial charge in [0, 0.05) is 39.3 Å². The number of anilines is 2. The number of pyridine rings is 1. The molecule has 0 saturated carbocycles. The second kappa shape index (κ2) is 4.38. The summed E-state index contributed by atoms with van der Waals surface area (Å²) in [6.07, 6.45) is 3.44. The van der Waals surface area contributed by atoms with E-state index in [2.05, 4.69) is 9.88 Å². The van der Waals surface area contributed by atoms with Crippen LogP contribution in [0.5, 0.6) is 0 Å². The molecule has 1 aromatic rings. The molecule has 0 spiro atoms. The van der Waals surface area contributed by atoms with Gasteiger partial charge < -0.3 is 15.5 Å².